The molecule has 0 N–H and O–H groups in total. The zero-order valence-electron chi connectivity index (χ0n) is 7.52. The number of hydrogen-bond acceptors (Lipinski definition) is 2. The molecule has 1 heterocycles. The van der Waals surface area contributed by atoms with E-state index in [9.17, 15) is 4.79 Å². The third-order valence-corrected chi connectivity index (χ3v) is 2.77. The molecule has 0 atom stereocenters. The van der Waals surface area contributed by atoms with Crippen molar-refractivity contribution in [2.75, 3.05) is 0 Å². The van der Waals surface area contributed by atoms with Gasteiger partial charge in [0, 0.05) is 12.4 Å². The average molecular weight is 286 g/mol. The molecule has 0 amide bonds. The van der Waals surface area contributed by atoms with Gasteiger partial charge in [-0.2, -0.15) is 0 Å². The van der Waals surface area contributed by atoms with Gasteiger partial charge in [-0.15, -0.1) is 0 Å². The zero-order chi connectivity index (χ0) is 10.8. The van der Waals surface area contributed by atoms with Crippen LogP contribution in [0.1, 0.15) is 0 Å². The first-order valence-corrected chi connectivity index (χ1v) is 5.35. The molecule has 0 saturated heterocycles. The van der Waals surface area contributed by atoms with Gasteiger partial charge < -0.3 is 0 Å². The molecule has 0 aliphatic heterocycles. The highest BCUT2D eigenvalue weighted by Gasteiger charge is 2.05. The standard InChI is InChI=1S/C10H6BrClN2O/c11-9-10(15)14(6-5-13-9)8-4-2-1-3-7(8)12/h1-6H. The summed E-state index contributed by atoms with van der Waals surface area (Å²) >= 11 is 9.07. The van der Waals surface area contributed by atoms with Crippen LogP contribution in [0.3, 0.4) is 0 Å². The van der Waals surface area contributed by atoms with Crippen LogP contribution in [0.5, 0.6) is 0 Å². The van der Waals surface area contributed by atoms with E-state index in [-0.39, 0.29) is 10.2 Å². The summed E-state index contributed by atoms with van der Waals surface area (Å²) in [5.41, 5.74) is 0.415. The predicted octanol–water partition coefficient (Wildman–Crippen LogP) is 2.65. The second-order valence-electron chi connectivity index (χ2n) is 2.84. The van der Waals surface area contributed by atoms with Gasteiger partial charge in [0.2, 0.25) is 0 Å². The van der Waals surface area contributed by atoms with Crippen molar-refractivity contribution in [3.63, 3.8) is 0 Å². The maximum Gasteiger partial charge on any atom is 0.288 e. The minimum Gasteiger partial charge on any atom is -0.279 e. The average Bonchev–Trinajstić information content (AvgIpc) is 2.23. The Morgan fingerprint density at radius 3 is 2.80 bits per heavy atom. The zero-order valence-corrected chi connectivity index (χ0v) is 9.86. The maximum atomic E-state index is 11.7. The number of aromatic nitrogens is 2. The second kappa shape index (κ2) is 4.16. The van der Waals surface area contributed by atoms with Crippen LogP contribution in [0.4, 0.5) is 0 Å². The summed E-state index contributed by atoms with van der Waals surface area (Å²) in [6.07, 6.45) is 3.11. The summed E-state index contributed by atoms with van der Waals surface area (Å²) in [6.45, 7) is 0. The van der Waals surface area contributed by atoms with Gasteiger partial charge in [0.1, 0.15) is 0 Å². The fraction of sp³-hybridized carbons (Fsp3) is 0. The third-order valence-electron chi connectivity index (χ3n) is 1.91. The second-order valence-corrected chi connectivity index (χ2v) is 4.00. The number of nitrogens with zero attached hydrogens (tertiary/aromatic N) is 2. The number of halogens is 2. The van der Waals surface area contributed by atoms with Crippen molar-refractivity contribution in [2.24, 2.45) is 0 Å². The molecule has 2 rings (SSSR count). The van der Waals surface area contributed by atoms with E-state index in [0.717, 1.165) is 0 Å². The normalized spacial score (nSPS) is 10.3. The van der Waals surface area contributed by atoms with E-state index in [2.05, 4.69) is 20.9 Å². The minimum absolute atomic E-state index is 0.231. The molecule has 0 spiro atoms. The van der Waals surface area contributed by atoms with Crippen LogP contribution in [0.25, 0.3) is 5.69 Å². The van der Waals surface area contributed by atoms with E-state index < -0.39 is 0 Å². The van der Waals surface area contributed by atoms with Crippen LogP contribution in [0.2, 0.25) is 5.02 Å². The van der Waals surface area contributed by atoms with Crippen LogP contribution < -0.4 is 5.56 Å². The maximum absolute atomic E-state index is 11.7. The Morgan fingerprint density at radius 1 is 1.33 bits per heavy atom. The molecule has 5 heteroatoms. The Labute approximate surface area is 99.5 Å². The molecule has 0 aliphatic rings. The van der Waals surface area contributed by atoms with E-state index in [4.69, 9.17) is 11.6 Å². The predicted molar refractivity (Wildman–Crippen MR) is 62.5 cm³/mol. The SMILES string of the molecule is O=c1c(Br)nccn1-c1ccccc1Cl. The monoisotopic (exact) mass is 284 g/mol. The Kier molecular flexibility index (Phi) is 2.88. The van der Waals surface area contributed by atoms with Crippen molar-refractivity contribution >= 4 is 27.5 Å². The van der Waals surface area contributed by atoms with Gasteiger partial charge >= 0.3 is 0 Å². The summed E-state index contributed by atoms with van der Waals surface area (Å²) < 4.78 is 1.71. The topological polar surface area (TPSA) is 34.9 Å². The van der Waals surface area contributed by atoms with Crippen LogP contribution in [0, 0.1) is 0 Å². The van der Waals surface area contributed by atoms with Crippen molar-refractivity contribution in [3.8, 4) is 5.69 Å². The van der Waals surface area contributed by atoms with Crippen molar-refractivity contribution in [1.29, 1.82) is 0 Å². The lowest BCUT2D eigenvalue weighted by Gasteiger charge is -2.06. The number of para-hydroxylation sites is 1. The molecule has 0 aliphatic carbocycles. The summed E-state index contributed by atoms with van der Waals surface area (Å²) in [5, 5.41) is 0.526. The first kappa shape index (κ1) is 10.4. The summed E-state index contributed by atoms with van der Waals surface area (Å²) in [4.78, 5) is 15.6. The Balaban J connectivity index is 2.70. The van der Waals surface area contributed by atoms with Crippen molar-refractivity contribution < 1.29 is 0 Å². The highest BCUT2D eigenvalue weighted by molar-refractivity contribution is 9.10. The van der Waals surface area contributed by atoms with Gasteiger partial charge in [-0.25, -0.2) is 4.98 Å². The highest BCUT2D eigenvalue weighted by Crippen LogP contribution is 2.18. The van der Waals surface area contributed by atoms with Gasteiger partial charge in [0.25, 0.3) is 5.56 Å². The Morgan fingerprint density at radius 2 is 2.07 bits per heavy atom. The van der Waals surface area contributed by atoms with E-state index in [0.29, 0.717) is 10.7 Å². The van der Waals surface area contributed by atoms with Gasteiger partial charge in [-0.3, -0.25) is 9.36 Å². The van der Waals surface area contributed by atoms with Crippen LogP contribution >= 0.6 is 27.5 Å². The molecule has 0 bridgehead atoms. The molecule has 3 nitrogen and oxygen atoms in total. The quantitative estimate of drug-likeness (QED) is 0.807. The highest BCUT2D eigenvalue weighted by atomic mass is 79.9. The Hall–Kier alpha value is -1.13. The number of benzene rings is 1. The molecule has 15 heavy (non-hydrogen) atoms. The largest absolute Gasteiger partial charge is 0.288 e. The summed E-state index contributed by atoms with van der Waals surface area (Å²) in [6, 6.07) is 7.14. The van der Waals surface area contributed by atoms with Crippen LogP contribution in [-0.4, -0.2) is 9.55 Å². The van der Waals surface area contributed by atoms with Gasteiger partial charge in [0.05, 0.1) is 10.7 Å². The number of rotatable bonds is 1. The lowest BCUT2D eigenvalue weighted by Crippen LogP contribution is -2.19. The molecule has 1 aromatic carbocycles. The first-order valence-electron chi connectivity index (χ1n) is 4.18. The van der Waals surface area contributed by atoms with E-state index in [1.54, 1.807) is 18.3 Å². The third kappa shape index (κ3) is 1.96. The molecular weight excluding hydrogens is 279 g/mol. The molecule has 0 fully saturated rings. The summed E-state index contributed by atoms with van der Waals surface area (Å²) in [5.74, 6) is 0. The van der Waals surface area contributed by atoms with E-state index >= 15 is 0 Å². The van der Waals surface area contributed by atoms with Crippen molar-refractivity contribution in [2.45, 2.75) is 0 Å². The Bertz CT molecular complexity index is 553. The summed E-state index contributed by atoms with van der Waals surface area (Å²) in [7, 11) is 0. The first-order chi connectivity index (χ1) is 7.20. The van der Waals surface area contributed by atoms with Gasteiger partial charge in [0.15, 0.2) is 4.60 Å². The molecular formula is C10H6BrClN2O. The smallest absolute Gasteiger partial charge is 0.279 e. The van der Waals surface area contributed by atoms with Gasteiger partial charge in [-0.05, 0) is 28.1 Å². The van der Waals surface area contributed by atoms with Crippen molar-refractivity contribution in [3.05, 3.63) is 56.6 Å². The molecule has 0 radical (unpaired) electrons. The lowest BCUT2D eigenvalue weighted by atomic mass is 10.3. The number of hydrogen-bond donors (Lipinski definition) is 0. The van der Waals surface area contributed by atoms with Crippen LogP contribution in [-0.2, 0) is 0 Å². The van der Waals surface area contributed by atoms with E-state index in [1.807, 2.05) is 12.1 Å². The molecule has 76 valence electrons. The molecule has 0 saturated carbocycles. The fourth-order valence-corrected chi connectivity index (χ4v) is 1.76. The van der Waals surface area contributed by atoms with E-state index in [1.165, 1.54) is 10.8 Å². The fourth-order valence-electron chi connectivity index (χ4n) is 1.22. The van der Waals surface area contributed by atoms with Crippen molar-refractivity contribution in [1.82, 2.24) is 9.55 Å². The lowest BCUT2D eigenvalue weighted by molar-refractivity contribution is 0.939. The molecule has 2 aromatic rings. The molecule has 1 aromatic heterocycles. The minimum atomic E-state index is -0.231. The van der Waals surface area contributed by atoms with Crippen LogP contribution in [0.15, 0.2) is 46.1 Å². The van der Waals surface area contributed by atoms with Gasteiger partial charge in [-0.1, -0.05) is 23.7 Å². The molecule has 0 unspecified atom stereocenters.